The molecule has 0 spiro atoms. The highest BCUT2D eigenvalue weighted by atomic mass is 19.5. The van der Waals surface area contributed by atoms with Crippen molar-refractivity contribution in [2.24, 2.45) is 5.92 Å². The Morgan fingerprint density at radius 1 is 1.18 bits per heavy atom. The number of rotatable bonds is 0. The molecule has 2 bridgehead atoms. The molecule has 1 nitrogen and oxygen atoms in total. The normalized spacial score (nSPS) is 29.1. The molecule has 1 aliphatic carbocycles. The molecule has 2 rings (SSSR count). The van der Waals surface area contributed by atoms with Gasteiger partial charge in [-0.2, -0.15) is 0 Å². The maximum atomic E-state index is 9.75. The van der Waals surface area contributed by atoms with Crippen molar-refractivity contribution in [2.75, 3.05) is 14.1 Å². The van der Waals surface area contributed by atoms with E-state index in [9.17, 15) is 17.3 Å². The number of likely N-dealkylation sites (tertiary alicyclic amines) is 1. The second-order valence-electron chi connectivity index (χ2n) is 5.21. The molecular weight excluding hydrogens is 233 g/mol. The van der Waals surface area contributed by atoms with Crippen LogP contribution in [0.25, 0.3) is 0 Å². The summed E-state index contributed by atoms with van der Waals surface area (Å²) in [5.41, 5.74) is 3.15. The Balaban J connectivity index is 0.000000249. The molecule has 2 atom stereocenters. The van der Waals surface area contributed by atoms with Crippen molar-refractivity contribution in [3.8, 4) is 0 Å². The fourth-order valence-corrected chi connectivity index (χ4v) is 2.91. The van der Waals surface area contributed by atoms with Gasteiger partial charge in [-0.25, -0.2) is 0 Å². The first-order valence-electron chi connectivity index (χ1n) is 5.60. The van der Waals surface area contributed by atoms with Crippen LogP contribution in [0.5, 0.6) is 0 Å². The zero-order chi connectivity index (χ0) is 13.4. The van der Waals surface area contributed by atoms with Crippen molar-refractivity contribution >= 4 is 7.25 Å². The van der Waals surface area contributed by atoms with E-state index in [0.29, 0.717) is 0 Å². The minimum atomic E-state index is -6.00. The molecule has 1 fully saturated rings. The minimum Gasteiger partial charge on any atom is -0.418 e. The second-order valence-corrected chi connectivity index (χ2v) is 5.21. The summed E-state index contributed by atoms with van der Waals surface area (Å²) in [5.74, 6) is 0.745. The van der Waals surface area contributed by atoms with Gasteiger partial charge < -0.3 is 17.3 Å². The van der Waals surface area contributed by atoms with Gasteiger partial charge in [-0.05, 0) is 25.5 Å². The Bertz CT molecular complexity index is 347. The number of halogens is 4. The third-order valence-corrected chi connectivity index (χ3v) is 3.37. The SMILES string of the molecule is CC(C)=C1C2C=CC(C2)[N+]1(C)C.F[B-](F)(F)F. The maximum Gasteiger partial charge on any atom is 0.673 e. The van der Waals surface area contributed by atoms with Crippen LogP contribution in [0, 0.1) is 5.92 Å². The number of allylic oxidation sites excluding steroid dienone is 2. The monoisotopic (exact) mass is 251 g/mol. The molecule has 0 aromatic rings. The van der Waals surface area contributed by atoms with E-state index in [-0.39, 0.29) is 0 Å². The summed E-state index contributed by atoms with van der Waals surface area (Å²) in [4.78, 5) is 0. The van der Waals surface area contributed by atoms with E-state index in [1.54, 1.807) is 5.70 Å². The Morgan fingerprint density at radius 3 is 1.88 bits per heavy atom. The molecule has 0 N–H and O–H groups in total. The molecule has 6 heteroatoms. The van der Waals surface area contributed by atoms with E-state index in [1.165, 1.54) is 12.0 Å². The van der Waals surface area contributed by atoms with Crippen LogP contribution in [0.4, 0.5) is 17.3 Å². The van der Waals surface area contributed by atoms with Crippen LogP contribution in [-0.4, -0.2) is 31.9 Å². The van der Waals surface area contributed by atoms with E-state index in [4.69, 9.17) is 0 Å². The zero-order valence-corrected chi connectivity index (χ0v) is 10.6. The summed E-state index contributed by atoms with van der Waals surface area (Å²) < 4.78 is 40.1. The quantitative estimate of drug-likeness (QED) is 0.267. The average molecular weight is 251 g/mol. The summed E-state index contributed by atoms with van der Waals surface area (Å²) in [5, 5.41) is 0. The van der Waals surface area contributed by atoms with E-state index in [2.05, 4.69) is 40.1 Å². The molecule has 0 aromatic carbocycles. The number of fused-ring (bicyclic) bond motifs is 2. The van der Waals surface area contributed by atoms with Crippen LogP contribution in [-0.2, 0) is 0 Å². The van der Waals surface area contributed by atoms with Crippen LogP contribution in [0.2, 0.25) is 0 Å². The van der Waals surface area contributed by atoms with Gasteiger partial charge in [0.2, 0.25) is 0 Å². The molecule has 2 unspecified atom stereocenters. The van der Waals surface area contributed by atoms with Crippen LogP contribution in [0.1, 0.15) is 20.3 Å². The van der Waals surface area contributed by atoms with Crippen molar-refractivity contribution in [3.63, 3.8) is 0 Å². The maximum absolute atomic E-state index is 9.75. The lowest BCUT2D eigenvalue weighted by Gasteiger charge is -2.34. The fourth-order valence-electron chi connectivity index (χ4n) is 2.91. The molecule has 1 heterocycles. The lowest BCUT2D eigenvalue weighted by Crippen LogP contribution is -2.43. The molecule has 0 amide bonds. The molecule has 0 radical (unpaired) electrons. The van der Waals surface area contributed by atoms with Crippen molar-refractivity contribution in [1.29, 1.82) is 0 Å². The highest BCUT2D eigenvalue weighted by Crippen LogP contribution is 2.44. The summed E-state index contributed by atoms with van der Waals surface area (Å²) in [6.45, 7) is 4.48. The lowest BCUT2D eigenvalue weighted by molar-refractivity contribution is -0.863. The van der Waals surface area contributed by atoms with Gasteiger partial charge in [0.05, 0.1) is 20.0 Å². The highest BCUT2D eigenvalue weighted by molar-refractivity contribution is 6.50. The van der Waals surface area contributed by atoms with Gasteiger partial charge in [0, 0.05) is 6.42 Å². The summed E-state index contributed by atoms with van der Waals surface area (Å²) in [7, 11) is -1.34. The van der Waals surface area contributed by atoms with Crippen LogP contribution >= 0.6 is 0 Å². The molecule has 0 aromatic heterocycles. The molecule has 17 heavy (non-hydrogen) atoms. The van der Waals surface area contributed by atoms with Crippen molar-refractivity contribution in [3.05, 3.63) is 23.4 Å². The van der Waals surface area contributed by atoms with Gasteiger partial charge in [0.25, 0.3) is 0 Å². The third kappa shape index (κ3) is 3.34. The smallest absolute Gasteiger partial charge is 0.418 e. The number of hydrogen-bond acceptors (Lipinski definition) is 0. The predicted octanol–water partition coefficient (Wildman–Crippen LogP) is 3.62. The molecule has 2 aliphatic rings. The van der Waals surface area contributed by atoms with Gasteiger partial charge in [0.1, 0.15) is 11.7 Å². The fraction of sp³-hybridized carbons (Fsp3) is 0.636. The van der Waals surface area contributed by atoms with Crippen LogP contribution < -0.4 is 0 Å². The van der Waals surface area contributed by atoms with Crippen molar-refractivity contribution in [1.82, 2.24) is 0 Å². The first-order chi connectivity index (χ1) is 7.53. The molecule has 1 saturated heterocycles. The topological polar surface area (TPSA) is 0 Å². The van der Waals surface area contributed by atoms with Gasteiger partial charge in [-0.15, -0.1) is 0 Å². The van der Waals surface area contributed by atoms with E-state index < -0.39 is 7.25 Å². The highest BCUT2D eigenvalue weighted by Gasteiger charge is 2.47. The molecule has 0 saturated carbocycles. The predicted molar refractivity (Wildman–Crippen MR) is 61.7 cm³/mol. The Hall–Kier alpha value is -0.775. The minimum absolute atomic E-state index is 0.745. The lowest BCUT2D eigenvalue weighted by atomic mass is 10.0. The van der Waals surface area contributed by atoms with Crippen molar-refractivity contribution < 1.29 is 21.7 Å². The second kappa shape index (κ2) is 4.48. The Kier molecular flexibility index (Phi) is 3.76. The van der Waals surface area contributed by atoms with E-state index in [1.807, 2.05) is 0 Å². The van der Waals surface area contributed by atoms with E-state index >= 15 is 0 Å². The van der Waals surface area contributed by atoms with Crippen LogP contribution in [0.3, 0.4) is 0 Å². The summed E-state index contributed by atoms with van der Waals surface area (Å²) >= 11 is 0. The Labute approximate surface area is 99.5 Å². The molecule has 98 valence electrons. The standard InChI is InChI=1S/C11H18N.BF4/c1-8(2)11-9-5-6-10(7-9)12(11,3)4;2-1(3,4)5/h5-6,9-10H,7H2,1-4H3;/q+1;-1. The van der Waals surface area contributed by atoms with Gasteiger partial charge in [-0.1, -0.05) is 6.08 Å². The molecule has 1 aliphatic heterocycles. The summed E-state index contributed by atoms with van der Waals surface area (Å²) in [6, 6.07) is 0.750. The third-order valence-electron chi connectivity index (χ3n) is 3.37. The van der Waals surface area contributed by atoms with E-state index in [0.717, 1.165) is 16.4 Å². The Morgan fingerprint density at radius 2 is 1.65 bits per heavy atom. The first-order valence-corrected chi connectivity index (χ1v) is 5.60. The van der Waals surface area contributed by atoms with Gasteiger partial charge in [-0.3, -0.25) is 4.48 Å². The van der Waals surface area contributed by atoms with Crippen LogP contribution in [0.15, 0.2) is 23.4 Å². The molecular formula is C11H18BF4N. The zero-order valence-electron chi connectivity index (χ0n) is 10.6. The average Bonchev–Trinajstić information content (AvgIpc) is 2.55. The number of quaternary nitrogens is 1. The summed E-state index contributed by atoms with van der Waals surface area (Å²) in [6.07, 6.45) is 6.11. The van der Waals surface area contributed by atoms with Crippen molar-refractivity contribution in [2.45, 2.75) is 26.3 Å². The van der Waals surface area contributed by atoms with Gasteiger partial charge >= 0.3 is 7.25 Å². The van der Waals surface area contributed by atoms with Gasteiger partial charge in [0.15, 0.2) is 0 Å². The largest absolute Gasteiger partial charge is 0.673 e. The number of nitrogens with zero attached hydrogens (tertiary/aromatic N) is 1. The number of likely N-dealkylation sites (N-methyl/N-ethyl adjacent to an activating group) is 1. The number of hydrogen-bond donors (Lipinski definition) is 0. The first kappa shape index (κ1) is 14.3.